The van der Waals surface area contributed by atoms with E-state index in [0.29, 0.717) is 45.0 Å². The van der Waals surface area contributed by atoms with Crippen LogP contribution in [-0.2, 0) is 11.3 Å². The van der Waals surface area contributed by atoms with Gasteiger partial charge in [-0.3, -0.25) is 4.90 Å². The summed E-state index contributed by atoms with van der Waals surface area (Å²) in [5.74, 6) is 0.726. The van der Waals surface area contributed by atoms with Gasteiger partial charge in [-0.1, -0.05) is 0 Å². The van der Waals surface area contributed by atoms with Gasteiger partial charge in [0.05, 0.1) is 12.1 Å². The third kappa shape index (κ3) is 3.98. The number of hydrogen-bond donors (Lipinski definition) is 3. The van der Waals surface area contributed by atoms with E-state index in [1.54, 1.807) is 0 Å². The molecule has 1 fully saturated rings. The summed E-state index contributed by atoms with van der Waals surface area (Å²) in [5, 5.41) is 10.4. The van der Waals surface area contributed by atoms with Gasteiger partial charge < -0.3 is 21.3 Å². The number of anilines is 2. The topological polar surface area (TPSA) is 123 Å². The van der Waals surface area contributed by atoms with E-state index in [-0.39, 0.29) is 11.9 Å². The smallest absolute Gasteiger partial charge is 0.225 e. The lowest BCUT2D eigenvalue weighted by Gasteiger charge is -2.35. The summed E-state index contributed by atoms with van der Waals surface area (Å²) in [6.07, 6.45) is 1.28. The molecule has 1 saturated heterocycles. The Morgan fingerprint density at radius 1 is 1.21 bits per heavy atom. The fourth-order valence-electron chi connectivity index (χ4n) is 2.24. The zero-order valence-corrected chi connectivity index (χ0v) is 11.0. The lowest BCUT2D eigenvalue weighted by molar-refractivity contribution is -0.0779. The number of rotatable bonds is 4. The summed E-state index contributed by atoms with van der Waals surface area (Å²) in [4.78, 5) is 13.7. The standard InChI is InChI=1S/C11H20N6O2/c1-17(7-11(18)2-4-19-5-3-11)6-8-14-9(12)16-10(13)15-8/h18H,2-7H2,1H3,(H4,12,13,14,15,16). The van der Waals surface area contributed by atoms with Crippen molar-refractivity contribution >= 4 is 11.9 Å². The second kappa shape index (κ2) is 5.64. The molecule has 0 aliphatic carbocycles. The molecule has 1 aliphatic heterocycles. The number of aromatic nitrogens is 3. The van der Waals surface area contributed by atoms with Gasteiger partial charge in [-0.25, -0.2) is 0 Å². The highest BCUT2D eigenvalue weighted by atomic mass is 16.5. The van der Waals surface area contributed by atoms with Crippen molar-refractivity contribution in [3.8, 4) is 0 Å². The van der Waals surface area contributed by atoms with Crippen molar-refractivity contribution in [1.29, 1.82) is 0 Å². The Labute approximate surface area is 111 Å². The SMILES string of the molecule is CN(Cc1nc(N)nc(N)n1)CC1(O)CCOCC1. The molecule has 1 aromatic rings. The van der Waals surface area contributed by atoms with Gasteiger partial charge in [0.2, 0.25) is 11.9 Å². The molecule has 0 aromatic carbocycles. The van der Waals surface area contributed by atoms with Crippen LogP contribution in [0.25, 0.3) is 0 Å². The fraction of sp³-hybridized carbons (Fsp3) is 0.727. The Balaban J connectivity index is 1.94. The molecule has 0 spiro atoms. The van der Waals surface area contributed by atoms with Gasteiger partial charge in [0, 0.05) is 32.6 Å². The predicted octanol–water partition coefficient (Wildman–Crippen LogP) is -0.991. The van der Waals surface area contributed by atoms with Crippen LogP contribution in [0.1, 0.15) is 18.7 Å². The van der Waals surface area contributed by atoms with Crippen LogP contribution in [0.2, 0.25) is 0 Å². The van der Waals surface area contributed by atoms with E-state index in [2.05, 4.69) is 15.0 Å². The molecule has 0 saturated carbocycles. The van der Waals surface area contributed by atoms with Gasteiger partial charge in [0.1, 0.15) is 5.82 Å². The summed E-state index contributed by atoms with van der Waals surface area (Å²) < 4.78 is 5.25. The van der Waals surface area contributed by atoms with Crippen molar-refractivity contribution in [2.75, 3.05) is 38.3 Å². The monoisotopic (exact) mass is 268 g/mol. The van der Waals surface area contributed by atoms with Crippen molar-refractivity contribution in [2.24, 2.45) is 0 Å². The highest BCUT2D eigenvalue weighted by Crippen LogP contribution is 2.21. The second-order valence-corrected chi connectivity index (χ2v) is 4.98. The Morgan fingerprint density at radius 2 is 1.79 bits per heavy atom. The maximum Gasteiger partial charge on any atom is 0.225 e. The maximum atomic E-state index is 10.4. The molecule has 5 N–H and O–H groups in total. The predicted molar refractivity (Wildman–Crippen MR) is 70.0 cm³/mol. The quantitative estimate of drug-likeness (QED) is 0.636. The molecule has 0 amide bonds. The molecule has 1 aromatic heterocycles. The van der Waals surface area contributed by atoms with E-state index < -0.39 is 5.60 Å². The first-order valence-electron chi connectivity index (χ1n) is 6.21. The van der Waals surface area contributed by atoms with E-state index in [9.17, 15) is 5.11 Å². The Hall–Kier alpha value is -1.51. The summed E-state index contributed by atoms with van der Waals surface area (Å²) in [7, 11) is 1.89. The molecule has 106 valence electrons. The lowest BCUT2D eigenvalue weighted by atomic mass is 9.94. The summed E-state index contributed by atoms with van der Waals surface area (Å²) in [5.41, 5.74) is 10.3. The number of likely N-dealkylation sites (N-methyl/N-ethyl adjacent to an activating group) is 1. The molecule has 8 nitrogen and oxygen atoms in total. The Kier molecular flexibility index (Phi) is 4.13. The highest BCUT2D eigenvalue weighted by Gasteiger charge is 2.31. The minimum absolute atomic E-state index is 0.112. The molecular weight excluding hydrogens is 248 g/mol. The van der Waals surface area contributed by atoms with Crippen molar-refractivity contribution in [1.82, 2.24) is 19.9 Å². The number of aliphatic hydroxyl groups is 1. The van der Waals surface area contributed by atoms with E-state index in [0.717, 1.165) is 0 Å². The van der Waals surface area contributed by atoms with Crippen molar-refractivity contribution in [2.45, 2.75) is 25.0 Å². The van der Waals surface area contributed by atoms with E-state index in [1.807, 2.05) is 11.9 Å². The minimum Gasteiger partial charge on any atom is -0.388 e. The van der Waals surface area contributed by atoms with Gasteiger partial charge in [-0.05, 0) is 7.05 Å². The van der Waals surface area contributed by atoms with Gasteiger partial charge in [-0.15, -0.1) is 0 Å². The summed E-state index contributed by atoms with van der Waals surface area (Å²) in [6, 6.07) is 0. The Bertz CT molecular complexity index is 415. The average Bonchev–Trinajstić information content (AvgIpc) is 2.27. The van der Waals surface area contributed by atoms with Crippen LogP contribution >= 0.6 is 0 Å². The fourth-order valence-corrected chi connectivity index (χ4v) is 2.24. The van der Waals surface area contributed by atoms with Gasteiger partial charge in [0.25, 0.3) is 0 Å². The zero-order chi connectivity index (χ0) is 13.9. The summed E-state index contributed by atoms with van der Waals surface area (Å²) in [6.45, 7) is 2.17. The van der Waals surface area contributed by atoms with Crippen LogP contribution in [0.3, 0.4) is 0 Å². The number of nitrogens with two attached hydrogens (primary N) is 2. The van der Waals surface area contributed by atoms with Crippen LogP contribution in [0, 0.1) is 0 Å². The Morgan fingerprint density at radius 3 is 2.37 bits per heavy atom. The van der Waals surface area contributed by atoms with Crippen LogP contribution in [0.15, 0.2) is 0 Å². The van der Waals surface area contributed by atoms with Crippen LogP contribution in [0.4, 0.5) is 11.9 Å². The van der Waals surface area contributed by atoms with Crippen molar-refractivity contribution < 1.29 is 9.84 Å². The van der Waals surface area contributed by atoms with Crippen molar-refractivity contribution in [3.63, 3.8) is 0 Å². The first-order valence-corrected chi connectivity index (χ1v) is 6.21. The van der Waals surface area contributed by atoms with E-state index >= 15 is 0 Å². The highest BCUT2D eigenvalue weighted by molar-refractivity contribution is 5.25. The number of hydrogen-bond acceptors (Lipinski definition) is 8. The van der Waals surface area contributed by atoms with Gasteiger partial charge >= 0.3 is 0 Å². The largest absolute Gasteiger partial charge is 0.388 e. The maximum absolute atomic E-state index is 10.4. The first-order chi connectivity index (χ1) is 8.97. The molecule has 0 unspecified atom stereocenters. The minimum atomic E-state index is -0.711. The third-order valence-electron chi connectivity index (χ3n) is 3.12. The van der Waals surface area contributed by atoms with Gasteiger partial charge in [0.15, 0.2) is 0 Å². The molecule has 0 radical (unpaired) electrons. The molecule has 1 aliphatic rings. The molecular formula is C11H20N6O2. The molecule has 8 heteroatoms. The van der Waals surface area contributed by atoms with Crippen LogP contribution < -0.4 is 11.5 Å². The van der Waals surface area contributed by atoms with E-state index in [4.69, 9.17) is 16.2 Å². The number of ether oxygens (including phenoxy) is 1. The summed E-state index contributed by atoms with van der Waals surface area (Å²) >= 11 is 0. The van der Waals surface area contributed by atoms with Crippen LogP contribution in [0.5, 0.6) is 0 Å². The molecule has 2 rings (SSSR count). The molecule has 0 atom stereocenters. The molecule has 19 heavy (non-hydrogen) atoms. The average molecular weight is 268 g/mol. The molecule has 0 bridgehead atoms. The second-order valence-electron chi connectivity index (χ2n) is 4.98. The molecule has 2 heterocycles. The van der Waals surface area contributed by atoms with Crippen molar-refractivity contribution in [3.05, 3.63) is 5.82 Å². The van der Waals surface area contributed by atoms with Crippen LogP contribution in [-0.4, -0.2) is 57.4 Å². The number of nitrogen functional groups attached to an aromatic ring is 2. The normalized spacial score (nSPS) is 18.7. The first kappa shape index (κ1) is 13.9. The van der Waals surface area contributed by atoms with Gasteiger partial charge in [-0.2, -0.15) is 15.0 Å². The third-order valence-corrected chi connectivity index (χ3v) is 3.12. The zero-order valence-electron chi connectivity index (χ0n) is 11.0. The van der Waals surface area contributed by atoms with E-state index in [1.165, 1.54) is 0 Å². The lowest BCUT2D eigenvalue weighted by Crippen LogP contribution is -2.45. The number of nitrogens with zero attached hydrogens (tertiary/aromatic N) is 4.